The molecule has 0 atom stereocenters. The molecule has 16 nitrogen and oxygen atoms in total. The van der Waals surface area contributed by atoms with Gasteiger partial charge in [-0.2, -0.15) is 22.1 Å². The maximum atomic E-state index is 14.1. The predicted molar refractivity (Wildman–Crippen MR) is 139 cm³/mol. The first-order chi connectivity index (χ1) is 19.9. The Morgan fingerprint density at radius 1 is 1.26 bits per heavy atom. The van der Waals surface area contributed by atoms with Gasteiger partial charge in [0.25, 0.3) is 21.3 Å². The van der Waals surface area contributed by atoms with Gasteiger partial charge in [-0.05, 0) is 36.6 Å². The topological polar surface area (TPSA) is 215 Å². The van der Waals surface area contributed by atoms with E-state index in [1.807, 2.05) is 0 Å². The Labute approximate surface area is 241 Å². The van der Waals surface area contributed by atoms with Crippen LogP contribution in [0.2, 0.25) is 5.02 Å². The minimum Gasteiger partial charge on any atom is -0.691 e. The van der Waals surface area contributed by atoms with E-state index in [2.05, 4.69) is 30.1 Å². The van der Waals surface area contributed by atoms with Crippen molar-refractivity contribution in [2.45, 2.75) is 16.7 Å². The molecule has 3 N–H and O–H groups in total. The SMILES string of the molecule is Cc1nc(F)nc(Nc2cc(S(=O)(=O)O)cc3cc(SOO[O-])c4c(c23)Oc2oc3ccc([N+](=O)[O-])cc3[n+]2N4)c1Cl. The number of nitrogens with zero attached hydrogens (tertiary/aromatic N) is 4. The zero-order valence-corrected chi connectivity index (χ0v) is 22.8. The second kappa shape index (κ2) is 10.2. The van der Waals surface area contributed by atoms with Gasteiger partial charge in [-0.15, -0.1) is 5.43 Å². The summed E-state index contributed by atoms with van der Waals surface area (Å²) in [6.45, 7) is 1.42. The number of oxazole rings is 1. The Kier molecular flexibility index (Phi) is 6.73. The van der Waals surface area contributed by atoms with Gasteiger partial charge in [0.15, 0.2) is 17.3 Å². The first-order valence-corrected chi connectivity index (χ1v) is 13.8. The summed E-state index contributed by atoms with van der Waals surface area (Å²) in [5.41, 5.74) is 3.25. The van der Waals surface area contributed by atoms with Crippen molar-refractivity contribution in [1.29, 1.82) is 0 Å². The maximum Gasteiger partial charge on any atom is 0.597 e. The average molecular weight is 639 g/mol. The second-order valence-corrected chi connectivity index (χ2v) is 11.1. The van der Waals surface area contributed by atoms with Crippen molar-refractivity contribution in [3.8, 4) is 11.8 Å². The van der Waals surface area contributed by atoms with Gasteiger partial charge in [-0.25, -0.2) is 4.98 Å². The number of anilines is 3. The van der Waals surface area contributed by atoms with E-state index in [1.165, 1.54) is 35.9 Å². The molecule has 5 aromatic rings. The Morgan fingerprint density at radius 2 is 2.05 bits per heavy atom. The zero-order chi connectivity index (χ0) is 29.9. The van der Waals surface area contributed by atoms with Crippen molar-refractivity contribution in [2.75, 3.05) is 10.7 Å². The number of hydrogen-bond acceptors (Lipinski definition) is 14. The Morgan fingerprint density at radius 3 is 2.76 bits per heavy atom. The monoisotopic (exact) mass is 638 g/mol. The first kappa shape index (κ1) is 27.8. The molecule has 0 radical (unpaired) electrons. The molecule has 3 aromatic carbocycles. The van der Waals surface area contributed by atoms with Crippen LogP contribution in [0.15, 0.2) is 50.6 Å². The van der Waals surface area contributed by atoms with Gasteiger partial charge < -0.3 is 19.7 Å². The van der Waals surface area contributed by atoms with Gasteiger partial charge in [-0.3, -0.25) is 19.7 Å². The fourth-order valence-corrected chi connectivity index (χ4v) is 5.42. The fourth-order valence-electron chi connectivity index (χ4n) is 4.25. The van der Waals surface area contributed by atoms with Crippen LogP contribution in [0.4, 0.5) is 27.3 Å². The van der Waals surface area contributed by atoms with Crippen molar-refractivity contribution in [3.63, 3.8) is 0 Å². The molecule has 0 saturated heterocycles. The standard InChI is InChI=1S/C22H12ClFN6O10S2/c1-8-17(23)20(27-21(24)25-8)26-12-7-11(42(34,35)36)4-9-5-15(41-40-39-33)18-19(16(9)12)38-22-29(28-18)13-6-10(30(31)32)2-3-14(13)37-22/h2-7,28H,1H3,(H2-,25,26,27,33,34,35,36). The van der Waals surface area contributed by atoms with Crippen LogP contribution in [0.3, 0.4) is 0 Å². The number of fused-ring (bicyclic) bond motifs is 6. The van der Waals surface area contributed by atoms with Gasteiger partial charge in [-0.1, -0.05) is 11.6 Å². The van der Waals surface area contributed by atoms with Gasteiger partial charge in [0.05, 0.1) is 49.6 Å². The van der Waals surface area contributed by atoms with Crippen molar-refractivity contribution >= 4 is 78.5 Å². The van der Waals surface area contributed by atoms with E-state index < -0.39 is 26.0 Å². The summed E-state index contributed by atoms with van der Waals surface area (Å²) in [4.78, 5) is 17.5. The highest BCUT2D eigenvalue weighted by Gasteiger charge is 2.37. The van der Waals surface area contributed by atoms with E-state index in [0.717, 1.165) is 12.1 Å². The number of aryl methyl sites for hydroxylation is 1. The molecule has 216 valence electrons. The minimum atomic E-state index is -4.79. The molecule has 3 heterocycles. The number of non-ortho nitro benzene ring substituents is 1. The number of hydrogen-bond donors (Lipinski definition) is 3. The number of halogens is 2. The van der Waals surface area contributed by atoms with Crippen LogP contribution in [0.5, 0.6) is 11.8 Å². The van der Waals surface area contributed by atoms with Gasteiger partial charge in [0, 0.05) is 10.7 Å². The molecule has 0 unspecified atom stereocenters. The third-order valence-electron chi connectivity index (χ3n) is 6.01. The van der Waals surface area contributed by atoms with Crippen LogP contribution in [0, 0.1) is 23.1 Å². The quantitative estimate of drug-likeness (QED) is 0.0430. The molecular formula is C22H12ClFN6O10S2. The summed E-state index contributed by atoms with van der Waals surface area (Å²) in [7, 11) is -4.79. The lowest BCUT2D eigenvalue weighted by Gasteiger charge is -2.20. The molecule has 0 fully saturated rings. The highest BCUT2D eigenvalue weighted by atomic mass is 35.5. The number of ether oxygens (including phenoxy) is 1. The van der Waals surface area contributed by atoms with E-state index in [9.17, 15) is 32.7 Å². The number of benzene rings is 3. The van der Waals surface area contributed by atoms with Gasteiger partial charge >= 0.3 is 12.2 Å². The molecule has 0 bridgehead atoms. The van der Waals surface area contributed by atoms with Crippen molar-refractivity contribution < 1.29 is 50.7 Å². The van der Waals surface area contributed by atoms with Crippen molar-refractivity contribution in [2.24, 2.45) is 0 Å². The van der Waals surface area contributed by atoms with Crippen LogP contribution >= 0.6 is 23.6 Å². The van der Waals surface area contributed by atoms with Crippen LogP contribution in [0.25, 0.3) is 21.9 Å². The van der Waals surface area contributed by atoms with Crippen LogP contribution in [0.1, 0.15) is 5.69 Å². The van der Waals surface area contributed by atoms with E-state index >= 15 is 0 Å². The maximum absolute atomic E-state index is 14.1. The highest BCUT2D eigenvalue weighted by Crippen LogP contribution is 2.49. The normalized spacial score (nSPS) is 12.5. The van der Waals surface area contributed by atoms with E-state index in [1.54, 1.807) is 0 Å². The Hall–Kier alpha value is -4.37. The first-order valence-electron chi connectivity index (χ1n) is 11.2. The van der Waals surface area contributed by atoms with Gasteiger partial charge in [0.2, 0.25) is 5.58 Å². The third kappa shape index (κ3) is 4.77. The van der Waals surface area contributed by atoms with Crippen LogP contribution in [-0.4, -0.2) is 27.9 Å². The lowest BCUT2D eigenvalue weighted by Crippen LogP contribution is -2.44. The molecule has 1 aliphatic heterocycles. The van der Waals surface area contributed by atoms with Crippen LogP contribution in [-0.2, 0) is 19.5 Å². The average Bonchev–Trinajstić information content (AvgIpc) is 3.29. The second-order valence-electron chi connectivity index (χ2n) is 8.53. The molecule has 2 aromatic heterocycles. The highest BCUT2D eigenvalue weighted by molar-refractivity contribution is 7.94. The summed E-state index contributed by atoms with van der Waals surface area (Å²) in [6, 6.07) is 7.30. The smallest absolute Gasteiger partial charge is 0.597 e. The van der Waals surface area contributed by atoms with E-state index in [-0.39, 0.29) is 72.2 Å². The molecule has 1 aliphatic rings. The lowest BCUT2D eigenvalue weighted by atomic mass is 10.1. The zero-order valence-electron chi connectivity index (χ0n) is 20.4. The minimum absolute atomic E-state index is 0.0372. The molecule has 6 rings (SSSR count). The van der Waals surface area contributed by atoms with E-state index in [4.69, 9.17) is 20.8 Å². The number of aromatic nitrogens is 3. The van der Waals surface area contributed by atoms with Crippen molar-refractivity contribution in [3.05, 3.63) is 63.3 Å². The fraction of sp³-hybridized carbons (Fsp3) is 0.0455. The molecule has 0 aliphatic carbocycles. The summed E-state index contributed by atoms with van der Waals surface area (Å²) < 4.78 is 65.8. The number of nitrogens with one attached hydrogen (secondary N) is 2. The largest absolute Gasteiger partial charge is 0.691 e. The van der Waals surface area contributed by atoms with Crippen molar-refractivity contribution in [1.82, 2.24) is 9.97 Å². The third-order valence-corrected chi connectivity index (χ3v) is 7.92. The molecule has 42 heavy (non-hydrogen) atoms. The van der Waals surface area contributed by atoms with Gasteiger partial charge in [0.1, 0.15) is 5.02 Å². The Bertz CT molecular complexity index is 2080. The number of rotatable bonds is 7. The molecular weight excluding hydrogens is 627 g/mol. The molecule has 0 spiro atoms. The Balaban J connectivity index is 1.62. The molecule has 0 saturated carbocycles. The number of nitro groups is 1. The molecule has 20 heteroatoms. The van der Waals surface area contributed by atoms with E-state index in [0.29, 0.717) is 12.0 Å². The summed E-state index contributed by atoms with van der Waals surface area (Å²) >= 11 is 6.69. The predicted octanol–water partition coefficient (Wildman–Crippen LogP) is 3.87. The summed E-state index contributed by atoms with van der Waals surface area (Å²) in [5.74, 6) is -0.273. The lowest BCUT2D eigenvalue weighted by molar-refractivity contribution is -0.777. The summed E-state index contributed by atoms with van der Waals surface area (Å²) in [5, 5.41) is 28.4. The summed E-state index contributed by atoms with van der Waals surface area (Å²) in [6.07, 6.45) is -1.32. The number of nitro benzene ring substituents is 1. The van der Waals surface area contributed by atoms with Crippen LogP contribution < -0.4 is 25.4 Å². The molecule has 0 amide bonds.